The van der Waals surface area contributed by atoms with Gasteiger partial charge in [-0.3, -0.25) is 9.10 Å². The van der Waals surface area contributed by atoms with Crippen LogP contribution >= 0.6 is 0 Å². The summed E-state index contributed by atoms with van der Waals surface area (Å²) in [6.07, 6.45) is 0. The number of para-hydroxylation sites is 1. The number of furan rings is 1. The molecule has 0 saturated carbocycles. The molecule has 0 aliphatic carbocycles. The molecule has 0 atom stereocenters. The molecule has 1 amide bonds. The van der Waals surface area contributed by atoms with Crippen molar-refractivity contribution in [3.63, 3.8) is 0 Å². The third-order valence-corrected chi connectivity index (χ3v) is 7.50. The number of carbonyl (C=O) groups is 1. The average molecular weight is 501 g/mol. The fourth-order valence-corrected chi connectivity index (χ4v) is 5.49. The van der Waals surface area contributed by atoms with Gasteiger partial charge in [-0.25, -0.2) is 8.42 Å². The molecule has 0 bridgehead atoms. The maximum atomic E-state index is 13.5. The number of fused-ring (bicyclic) bond motifs is 3. The predicted molar refractivity (Wildman–Crippen MR) is 141 cm³/mol. The normalized spacial score (nSPS) is 11.5. The van der Waals surface area contributed by atoms with E-state index in [1.54, 1.807) is 54.6 Å². The lowest BCUT2D eigenvalue weighted by atomic mass is 10.1. The number of nitrogens with one attached hydrogen (secondary N) is 1. The quantitative estimate of drug-likeness (QED) is 0.290. The Bertz CT molecular complexity index is 1630. The van der Waals surface area contributed by atoms with Crippen LogP contribution in [0.4, 0.5) is 11.4 Å². The summed E-state index contributed by atoms with van der Waals surface area (Å²) in [5.41, 5.74) is 2.25. The molecule has 5 rings (SSSR count). The van der Waals surface area contributed by atoms with Gasteiger partial charge in [0.05, 0.1) is 17.2 Å². The summed E-state index contributed by atoms with van der Waals surface area (Å²) in [6, 6.07) is 27.7. The maximum Gasteiger partial charge on any atom is 0.264 e. The Morgan fingerprint density at radius 2 is 1.56 bits per heavy atom. The molecular weight excluding hydrogens is 476 g/mol. The van der Waals surface area contributed by atoms with Gasteiger partial charge >= 0.3 is 0 Å². The number of sulfonamides is 1. The van der Waals surface area contributed by atoms with E-state index in [9.17, 15) is 13.2 Å². The molecule has 0 fully saturated rings. The van der Waals surface area contributed by atoms with Gasteiger partial charge in [0.25, 0.3) is 10.0 Å². The van der Waals surface area contributed by atoms with Crippen LogP contribution in [0.3, 0.4) is 0 Å². The van der Waals surface area contributed by atoms with E-state index in [1.807, 2.05) is 37.3 Å². The molecule has 4 aromatic carbocycles. The van der Waals surface area contributed by atoms with E-state index in [-0.39, 0.29) is 4.90 Å². The van der Waals surface area contributed by atoms with Crippen LogP contribution in [0.25, 0.3) is 21.9 Å². The lowest BCUT2D eigenvalue weighted by Crippen LogP contribution is -2.38. The van der Waals surface area contributed by atoms with Crippen molar-refractivity contribution < 1.29 is 22.4 Å². The van der Waals surface area contributed by atoms with Crippen molar-refractivity contribution >= 4 is 49.2 Å². The highest BCUT2D eigenvalue weighted by Gasteiger charge is 2.27. The Morgan fingerprint density at radius 1 is 0.861 bits per heavy atom. The summed E-state index contributed by atoms with van der Waals surface area (Å²) in [7, 11) is -4.01. The molecule has 1 N–H and O–H groups in total. The van der Waals surface area contributed by atoms with Crippen LogP contribution in [0.5, 0.6) is 5.75 Å². The van der Waals surface area contributed by atoms with Gasteiger partial charge in [-0.1, -0.05) is 36.4 Å². The number of hydrogen-bond donors (Lipinski definition) is 1. The predicted octanol–water partition coefficient (Wildman–Crippen LogP) is 5.82. The van der Waals surface area contributed by atoms with E-state index in [0.29, 0.717) is 29.3 Å². The van der Waals surface area contributed by atoms with Crippen molar-refractivity contribution in [1.29, 1.82) is 0 Å². The molecule has 0 saturated heterocycles. The lowest BCUT2D eigenvalue weighted by Gasteiger charge is -2.24. The first-order valence-electron chi connectivity index (χ1n) is 11.5. The third kappa shape index (κ3) is 4.63. The zero-order valence-electron chi connectivity index (χ0n) is 19.5. The molecule has 0 spiro atoms. The Balaban J connectivity index is 1.43. The molecule has 182 valence electrons. The molecule has 1 heterocycles. The number of anilines is 2. The summed E-state index contributed by atoms with van der Waals surface area (Å²) in [6.45, 7) is 1.94. The molecule has 0 unspecified atom stereocenters. The van der Waals surface area contributed by atoms with Crippen LogP contribution in [-0.2, 0) is 14.8 Å². The van der Waals surface area contributed by atoms with Gasteiger partial charge in [0.2, 0.25) is 5.91 Å². The Hall–Kier alpha value is -4.30. The monoisotopic (exact) mass is 500 g/mol. The van der Waals surface area contributed by atoms with Crippen LogP contribution in [0, 0.1) is 0 Å². The standard InChI is InChI=1S/C28H24N2O5S/c1-2-34-22-15-13-21(14-16-22)30(36(32,33)23-8-4-3-5-9-23)19-28(31)29-20-12-17-25-24-10-6-7-11-26(24)35-27(25)18-20/h3-18H,2,19H2,1H3,(H,29,31). The second kappa shape index (κ2) is 9.75. The van der Waals surface area contributed by atoms with E-state index in [4.69, 9.17) is 9.15 Å². The molecule has 8 heteroatoms. The van der Waals surface area contributed by atoms with E-state index in [2.05, 4.69) is 5.32 Å². The number of amides is 1. The van der Waals surface area contributed by atoms with Gasteiger partial charge in [-0.15, -0.1) is 0 Å². The van der Waals surface area contributed by atoms with E-state index in [0.717, 1.165) is 20.7 Å². The number of rotatable bonds is 8. The summed E-state index contributed by atoms with van der Waals surface area (Å²) in [5, 5.41) is 4.73. The van der Waals surface area contributed by atoms with Crippen molar-refractivity contribution in [1.82, 2.24) is 0 Å². The fourth-order valence-electron chi connectivity index (χ4n) is 4.04. The van der Waals surface area contributed by atoms with Gasteiger partial charge in [0.1, 0.15) is 23.5 Å². The third-order valence-electron chi connectivity index (χ3n) is 5.72. The van der Waals surface area contributed by atoms with Crippen molar-refractivity contribution in [3.05, 3.63) is 97.1 Å². The second-order valence-electron chi connectivity index (χ2n) is 8.11. The minimum atomic E-state index is -4.01. The molecule has 7 nitrogen and oxygen atoms in total. The maximum absolute atomic E-state index is 13.5. The second-order valence-corrected chi connectivity index (χ2v) is 9.97. The highest BCUT2D eigenvalue weighted by atomic mass is 32.2. The van der Waals surface area contributed by atoms with Crippen LogP contribution in [0.1, 0.15) is 6.92 Å². The first kappa shape index (κ1) is 23.4. The van der Waals surface area contributed by atoms with Crippen molar-refractivity contribution in [2.24, 2.45) is 0 Å². The van der Waals surface area contributed by atoms with Gasteiger partial charge in [0.15, 0.2) is 0 Å². The first-order chi connectivity index (χ1) is 17.5. The van der Waals surface area contributed by atoms with Gasteiger partial charge in [0, 0.05) is 22.5 Å². The largest absolute Gasteiger partial charge is 0.494 e. The summed E-state index contributed by atoms with van der Waals surface area (Å²) >= 11 is 0. The number of nitrogens with zero attached hydrogens (tertiary/aromatic N) is 1. The zero-order chi connectivity index (χ0) is 25.1. The molecule has 36 heavy (non-hydrogen) atoms. The molecule has 5 aromatic rings. The average Bonchev–Trinajstić information content (AvgIpc) is 3.26. The van der Waals surface area contributed by atoms with Crippen LogP contribution in [0.15, 0.2) is 106 Å². The SMILES string of the molecule is CCOc1ccc(N(CC(=O)Nc2ccc3c(c2)oc2ccccc23)S(=O)(=O)c2ccccc2)cc1. The highest BCUT2D eigenvalue weighted by Crippen LogP contribution is 2.31. The smallest absolute Gasteiger partial charge is 0.264 e. The zero-order valence-corrected chi connectivity index (χ0v) is 20.4. The topological polar surface area (TPSA) is 88.8 Å². The van der Waals surface area contributed by atoms with E-state index in [1.165, 1.54) is 12.1 Å². The Kier molecular flexibility index (Phi) is 6.35. The van der Waals surface area contributed by atoms with Crippen molar-refractivity contribution in [2.45, 2.75) is 11.8 Å². The molecule has 0 aliphatic heterocycles. The minimum Gasteiger partial charge on any atom is -0.494 e. The van der Waals surface area contributed by atoms with Crippen LogP contribution in [-0.4, -0.2) is 27.5 Å². The highest BCUT2D eigenvalue weighted by molar-refractivity contribution is 7.92. The Morgan fingerprint density at radius 3 is 2.31 bits per heavy atom. The number of benzene rings is 4. The van der Waals surface area contributed by atoms with Gasteiger partial charge in [-0.05, 0) is 61.5 Å². The number of carbonyl (C=O) groups excluding carboxylic acids is 1. The van der Waals surface area contributed by atoms with Gasteiger partial charge in [-0.2, -0.15) is 0 Å². The number of ether oxygens (including phenoxy) is 1. The van der Waals surface area contributed by atoms with Crippen LogP contribution in [0.2, 0.25) is 0 Å². The minimum absolute atomic E-state index is 0.0929. The number of hydrogen-bond acceptors (Lipinski definition) is 5. The van der Waals surface area contributed by atoms with Crippen LogP contribution < -0.4 is 14.4 Å². The first-order valence-corrected chi connectivity index (χ1v) is 12.9. The molecular formula is C28H24N2O5S. The molecule has 0 radical (unpaired) electrons. The van der Waals surface area contributed by atoms with Gasteiger partial charge < -0.3 is 14.5 Å². The fraction of sp³-hybridized carbons (Fsp3) is 0.107. The summed E-state index contributed by atoms with van der Waals surface area (Å²) in [4.78, 5) is 13.2. The lowest BCUT2D eigenvalue weighted by molar-refractivity contribution is -0.114. The Labute approximate surface area is 209 Å². The van der Waals surface area contributed by atoms with Crippen molar-refractivity contribution in [3.8, 4) is 5.75 Å². The van der Waals surface area contributed by atoms with E-state index >= 15 is 0 Å². The summed E-state index contributed by atoms with van der Waals surface area (Å²) < 4.78 is 39.5. The van der Waals surface area contributed by atoms with Crippen molar-refractivity contribution in [2.75, 3.05) is 22.8 Å². The summed E-state index contributed by atoms with van der Waals surface area (Å²) in [5.74, 6) is 0.126. The molecule has 1 aromatic heterocycles. The molecule has 0 aliphatic rings. The van der Waals surface area contributed by atoms with E-state index < -0.39 is 22.5 Å².